The topological polar surface area (TPSA) is 76.3 Å². The van der Waals surface area contributed by atoms with E-state index in [4.69, 9.17) is 4.42 Å². The van der Waals surface area contributed by atoms with Crippen LogP contribution >= 0.6 is 11.3 Å². The van der Waals surface area contributed by atoms with Gasteiger partial charge in [-0.05, 0) is 30.3 Å². The Bertz CT molecular complexity index is 1530. The number of carbonyl (C=O) groups is 1. The van der Waals surface area contributed by atoms with E-state index in [1.54, 1.807) is 48.7 Å². The van der Waals surface area contributed by atoms with Crippen LogP contribution in [0.3, 0.4) is 0 Å². The largest absolute Gasteiger partial charge is 0.422 e. The van der Waals surface area contributed by atoms with Crippen LogP contribution in [0.15, 0.2) is 76.1 Å². The van der Waals surface area contributed by atoms with Crippen molar-refractivity contribution < 1.29 is 18.0 Å². The lowest BCUT2D eigenvalue weighted by Gasteiger charge is -2.19. The zero-order chi connectivity index (χ0) is 22.2. The number of anilines is 1. The number of amides is 1. The quantitative estimate of drug-likeness (QED) is 0.364. The lowest BCUT2D eigenvalue weighted by Crippen LogP contribution is -2.34. The minimum absolute atomic E-state index is 0.0319. The van der Waals surface area contributed by atoms with Crippen LogP contribution in [-0.4, -0.2) is 15.9 Å². The Balaban J connectivity index is 1.65. The molecule has 0 atom stereocenters. The second-order valence-electron chi connectivity index (χ2n) is 6.93. The molecule has 0 saturated heterocycles. The number of halogens is 2. The molecule has 0 spiro atoms. The highest BCUT2D eigenvalue weighted by molar-refractivity contribution is 7.22. The van der Waals surface area contributed by atoms with Crippen LogP contribution in [0.1, 0.15) is 16.1 Å². The number of pyridine rings is 1. The Morgan fingerprint density at radius 3 is 2.69 bits per heavy atom. The van der Waals surface area contributed by atoms with E-state index in [0.717, 1.165) is 23.5 Å². The van der Waals surface area contributed by atoms with Crippen molar-refractivity contribution in [3.63, 3.8) is 0 Å². The zero-order valence-corrected chi connectivity index (χ0v) is 17.1. The Morgan fingerprint density at radius 1 is 1.06 bits per heavy atom. The number of aromatic nitrogens is 2. The first-order chi connectivity index (χ1) is 15.5. The van der Waals surface area contributed by atoms with Crippen molar-refractivity contribution in [1.82, 2.24) is 9.97 Å². The smallest absolute Gasteiger partial charge is 0.349 e. The minimum atomic E-state index is -0.835. The molecule has 0 aliphatic rings. The first-order valence-electron chi connectivity index (χ1n) is 9.50. The van der Waals surface area contributed by atoms with E-state index >= 15 is 0 Å². The molecule has 5 rings (SSSR count). The summed E-state index contributed by atoms with van der Waals surface area (Å²) in [5.74, 6) is -2.27. The van der Waals surface area contributed by atoms with Crippen LogP contribution in [0, 0.1) is 11.6 Å². The summed E-state index contributed by atoms with van der Waals surface area (Å²) in [6.45, 7) is -0.0319. The highest BCUT2D eigenvalue weighted by Crippen LogP contribution is 2.32. The number of carbonyl (C=O) groups excluding carboxylic acids is 1. The summed E-state index contributed by atoms with van der Waals surface area (Å²) in [5.41, 5.74) is -0.195. The average molecular weight is 449 g/mol. The maximum absolute atomic E-state index is 14.2. The molecule has 0 aliphatic heterocycles. The molecular weight excluding hydrogens is 436 g/mol. The van der Waals surface area contributed by atoms with Gasteiger partial charge in [-0.2, -0.15) is 0 Å². The van der Waals surface area contributed by atoms with Gasteiger partial charge in [-0.25, -0.2) is 18.6 Å². The number of rotatable bonds is 4. The zero-order valence-electron chi connectivity index (χ0n) is 16.3. The summed E-state index contributed by atoms with van der Waals surface area (Å²) in [4.78, 5) is 35.7. The van der Waals surface area contributed by atoms with Gasteiger partial charge in [0.1, 0.15) is 22.5 Å². The maximum Gasteiger partial charge on any atom is 0.349 e. The molecule has 158 valence electrons. The van der Waals surface area contributed by atoms with E-state index in [1.165, 1.54) is 11.0 Å². The third-order valence-corrected chi connectivity index (χ3v) is 5.82. The first-order valence-corrected chi connectivity index (χ1v) is 10.3. The van der Waals surface area contributed by atoms with Crippen LogP contribution < -0.4 is 10.5 Å². The summed E-state index contributed by atoms with van der Waals surface area (Å²) in [5, 5.41) is 0.679. The van der Waals surface area contributed by atoms with Crippen molar-refractivity contribution in [2.45, 2.75) is 6.54 Å². The Labute approximate surface area is 183 Å². The van der Waals surface area contributed by atoms with Crippen LogP contribution in [0.5, 0.6) is 0 Å². The van der Waals surface area contributed by atoms with Gasteiger partial charge in [0.15, 0.2) is 10.9 Å². The maximum atomic E-state index is 14.2. The van der Waals surface area contributed by atoms with Crippen molar-refractivity contribution in [2.75, 3.05) is 4.90 Å². The first kappa shape index (κ1) is 20.0. The Kier molecular flexibility index (Phi) is 4.95. The third-order valence-electron chi connectivity index (χ3n) is 4.80. The number of benzene rings is 2. The monoisotopic (exact) mass is 449 g/mol. The summed E-state index contributed by atoms with van der Waals surface area (Å²) >= 11 is 0.939. The van der Waals surface area contributed by atoms with Crippen LogP contribution in [0.25, 0.3) is 21.2 Å². The molecule has 1 amide bonds. The molecule has 0 N–H and O–H groups in total. The third kappa shape index (κ3) is 3.63. The summed E-state index contributed by atoms with van der Waals surface area (Å²) < 4.78 is 33.4. The van der Waals surface area contributed by atoms with Crippen molar-refractivity contribution >= 4 is 43.6 Å². The van der Waals surface area contributed by atoms with E-state index in [0.29, 0.717) is 16.7 Å². The van der Waals surface area contributed by atoms with Crippen molar-refractivity contribution in [3.8, 4) is 0 Å². The number of nitrogens with zero attached hydrogens (tertiary/aromatic N) is 3. The van der Waals surface area contributed by atoms with Gasteiger partial charge < -0.3 is 4.42 Å². The summed E-state index contributed by atoms with van der Waals surface area (Å²) in [7, 11) is 0. The molecule has 32 heavy (non-hydrogen) atoms. The Morgan fingerprint density at radius 2 is 1.88 bits per heavy atom. The molecule has 3 heterocycles. The van der Waals surface area contributed by atoms with Crippen LogP contribution in [0.2, 0.25) is 0 Å². The molecule has 9 heteroatoms. The molecule has 0 fully saturated rings. The van der Waals surface area contributed by atoms with Gasteiger partial charge in [-0.3, -0.25) is 14.7 Å². The van der Waals surface area contributed by atoms with E-state index < -0.39 is 23.2 Å². The van der Waals surface area contributed by atoms with Gasteiger partial charge in [0.25, 0.3) is 5.91 Å². The molecule has 3 aromatic heterocycles. The normalized spacial score (nSPS) is 11.2. The molecule has 6 nitrogen and oxygen atoms in total. The van der Waals surface area contributed by atoms with Gasteiger partial charge in [0.05, 0.1) is 16.9 Å². The van der Waals surface area contributed by atoms with E-state index in [-0.39, 0.29) is 27.5 Å². The van der Waals surface area contributed by atoms with Gasteiger partial charge in [0, 0.05) is 17.6 Å². The van der Waals surface area contributed by atoms with Gasteiger partial charge in [-0.1, -0.05) is 35.6 Å². The van der Waals surface area contributed by atoms with E-state index in [2.05, 4.69) is 9.97 Å². The van der Waals surface area contributed by atoms with Gasteiger partial charge in [-0.15, -0.1) is 0 Å². The second kappa shape index (κ2) is 7.93. The second-order valence-corrected chi connectivity index (χ2v) is 7.94. The van der Waals surface area contributed by atoms with Gasteiger partial charge >= 0.3 is 5.63 Å². The SMILES string of the molecule is O=C(c1cc2ccccc2oc1=O)N(Cc1ccccn1)c1nc2c(F)cc(F)cc2s1. The highest BCUT2D eigenvalue weighted by atomic mass is 32.1. The number of thiazole rings is 1. The minimum Gasteiger partial charge on any atom is -0.422 e. The number of para-hydroxylation sites is 1. The van der Waals surface area contributed by atoms with Crippen LogP contribution in [-0.2, 0) is 6.54 Å². The standard InChI is InChI=1S/C23H13F2N3O3S/c24-14-10-17(25)20-19(11-14)32-23(27-20)28(12-15-6-3-4-8-26-15)21(29)16-9-13-5-1-2-7-18(13)31-22(16)30/h1-11H,12H2. The Hall–Kier alpha value is -3.98. The predicted octanol–water partition coefficient (Wildman–Crippen LogP) is 4.92. The lowest BCUT2D eigenvalue weighted by molar-refractivity contribution is 0.0981. The van der Waals surface area contributed by atoms with Crippen molar-refractivity contribution in [3.05, 3.63) is 100 Å². The molecule has 0 unspecified atom stereocenters. The molecule has 0 radical (unpaired) electrons. The number of hydrogen-bond donors (Lipinski definition) is 0. The van der Waals surface area contributed by atoms with Crippen molar-refractivity contribution in [1.29, 1.82) is 0 Å². The number of hydrogen-bond acceptors (Lipinski definition) is 6. The molecule has 0 aliphatic carbocycles. The summed E-state index contributed by atoms with van der Waals surface area (Å²) in [6.07, 6.45) is 1.57. The predicted molar refractivity (Wildman–Crippen MR) is 117 cm³/mol. The fourth-order valence-electron chi connectivity index (χ4n) is 3.30. The van der Waals surface area contributed by atoms with Crippen molar-refractivity contribution in [2.24, 2.45) is 0 Å². The molecule has 2 aromatic carbocycles. The van der Waals surface area contributed by atoms with E-state index in [9.17, 15) is 18.4 Å². The average Bonchev–Trinajstić information content (AvgIpc) is 3.21. The lowest BCUT2D eigenvalue weighted by atomic mass is 10.1. The molecule has 0 bridgehead atoms. The van der Waals surface area contributed by atoms with E-state index in [1.807, 2.05) is 0 Å². The molecular formula is C23H13F2N3O3S. The number of fused-ring (bicyclic) bond motifs is 2. The van der Waals surface area contributed by atoms with Crippen LogP contribution in [0.4, 0.5) is 13.9 Å². The molecule has 0 saturated carbocycles. The van der Waals surface area contributed by atoms with Gasteiger partial charge in [0.2, 0.25) is 0 Å². The fraction of sp³-hybridized carbons (Fsp3) is 0.0435. The summed E-state index contributed by atoms with van der Waals surface area (Å²) in [6, 6.07) is 15.3. The molecule has 5 aromatic rings. The fourth-order valence-corrected chi connectivity index (χ4v) is 4.30. The highest BCUT2D eigenvalue weighted by Gasteiger charge is 2.26.